The average molecular weight is 437 g/mol. The summed E-state index contributed by atoms with van der Waals surface area (Å²) in [6.45, 7) is 12.5. The van der Waals surface area contributed by atoms with Crippen molar-refractivity contribution >= 4 is 29.9 Å². The van der Waals surface area contributed by atoms with Gasteiger partial charge in [0.15, 0.2) is 5.96 Å². The first-order chi connectivity index (χ1) is 10.6. The lowest BCUT2D eigenvalue weighted by molar-refractivity contribution is 0.167. The number of guanidine groups is 1. The molecule has 2 N–H and O–H groups in total. The van der Waals surface area contributed by atoms with E-state index in [0.29, 0.717) is 12.1 Å². The van der Waals surface area contributed by atoms with E-state index in [1.165, 1.54) is 38.8 Å². The quantitative estimate of drug-likeness (QED) is 0.364. The van der Waals surface area contributed by atoms with Crippen LogP contribution < -0.4 is 10.6 Å². The van der Waals surface area contributed by atoms with Crippen LogP contribution in [0.4, 0.5) is 0 Å². The van der Waals surface area contributed by atoms with Gasteiger partial charge in [0.25, 0.3) is 0 Å². The lowest BCUT2D eigenvalue weighted by Crippen LogP contribution is -2.50. The zero-order chi connectivity index (χ0) is 15.9. The van der Waals surface area contributed by atoms with Crippen molar-refractivity contribution < 1.29 is 0 Å². The number of hydrogen-bond acceptors (Lipinski definition) is 3. The predicted molar refractivity (Wildman–Crippen MR) is 110 cm³/mol. The number of rotatable bonds is 7. The molecule has 0 aromatic carbocycles. The molecule has 0 aromatic heterocycles. The summed E-state index contributed by atoms with van der Waals surface area (Å²) in [5, 5.41) is 7.08. The van der Waals surface area contributed by atoms with Crippen molar-refractivity contribution in [3.63, 3.8) is 0 Å². The number of hydrogen-bond donors (Lipinski definition) is 2. The van der Waals surface area contributed by atoms with Crippen molar-refractivity contribution in [2.45, 2.75) is 64.6 Å². The molecule has 0 spiro atoms. The van der Waals surface area contributed by atoms with Gasteiger partial charge in [-0.15, -0.1) is 24.0 Å². The van der Waals surface area contributed by atoms with E-state index >= 15 is 0 Å². The van der Waals surface area contributed by atoms with E-state index in [1.807, 2.05) is 7.05 Å². The third kappa shape index (κ3) is 7.13. The van der Waals surface area contributed by atoms with Crippen LogP contribution in [-0.4, -0.2) is 73.7 Å². The van der Waals surface area contributed by atoms with Gasteiger partial charge in [-0.1, -0.05) is 6.92 Å². The van der Waals surface area contributed by atoms with Crippen LogP contribution in [0.5, 0.6) is 0 Å². The molecule has 1 saturated carbocycles. The minimum absolute atomic E-state index is 0. The highest BCUT2D eigenvalue weighted by Crippen LogP contribution is 2.25. The SMILES string of the molecule is CCN(CCNC(=NC)NC1CCN(C(C)C)CC1)C1CC1.I. The van der Waals surface area contributed by atoms with Crippen LogP contribution in [0, 0.1) is 0 Å². The van der Waals surface area contributed by atoms with Gasteiger partial charge < -0.3 is 15.5 Å². The number of halogens is 1. The topological polar surface area (TPSA) is 42.9 Å². The van der Waals surface area contributed by atoms with Crippen LogP contribution >= 0.6 is 24.0 Å². The molecule has 0 amide bonds. The maximum Gasteiger partial charge on any atom is 0.191 e. The summed E-state index contributed by atoms with van der Waals surface area (Å²) in [6, 6.07) is 2.08. The molecule has 1 heterocycles. The fourth-order valence-corrected chi connectivity index (χ4v) is 3.30. The monoisotopic (exact) mass is 437 g/mol. The zero-order valence-electron chi connectivity index (χ0n) is 15.3. The molecule has 0 atom stereocenters. The fourth-order valence-electron chi connectivity index (χ4n) is 3.30. The highest BCUT2D eigenvalue weighted by molar-refractivity contribution is 14.0. The van der Waals surface area contributed by atoms with Gasteiger partial charge in [-0.3, -0.25) is 9.89 Å². The second-order valence-corrected chi connectivity index (χ2v) is 6.91. The molecular formula is C17H36IN5. The van der Waals surface area contributed by atoms with Gasteiger partial charge in [-0.2, -0.15) is 0 Å². The van der Waals surface area contributed by atoms with E-state index in [0.717, 1.165) is 31.6 Å². The summed E-state index contributed by atoms with van der Waals surface area (Å²) in [5.74, 6) is 0.967. The van der Waals surface area contributed by atoms with Crippen LogP contribution in [0.2, 0.25) is 0 Å². The molecule has 2 fully saturated rings. The Labute approximate surface area is 159 Å². The Hall–Kier alpha value is -0.0800. The standard InChI is InChI=1S/C17H35N5.HI/c1-5-21(16-6-7-16)13-10-19-17(18-4)20-15-8-11-22(12-9-15)14(2)3;/h14-16H,5-13H2,1-4H3,(H2,18,19,20);1H. The van der Waals surface area contributed by atoms with Crippen LogP contribution in [0.15, 0.2) is 4.99 Å². The molecule has 136 valence electrons. The predicted octanol–water partition coefficient (Wildman–Crippen LogP) is 2.13. The molecule has 2 rings (SSSR count). The molecule has 6 heteroatoms. The van der Waals surface area contributed by atoms with E-state index < -0.39 is 0 Å². The maximum absolute atomic E-state index is 4.38. The van der Waals surface area contributed by atoms with Gasteiger partial charge in [0.1, 0.15) is 0 Å². The average Bonchev–Trinajstić information content (AvgIpc) is 3.35. The van der Waals surface area contributed by atoms with Crippen molar-refractivity contribution in [1.82, 2.24) is 20.4 Å². The minimum atomic E-state index is 0. The lowest BCUT2D eigenvalue weighted by atomic mass is 10.0. The van der Waals surface area contributed by atoms with Crippen molar-refractivity contribution in [3.8, 4) is 0 Å². The third-order valence-corrected chi connectivity index (χ3v) is 4.99. The van der Waals surface area contributed by atoms with Gasteiger partial charge in [0.05, 0.1) is 0 Å². The van der Waals surface area contributed by atoms with E-state index in [2.05, 4.69) is 46.2 Å². The Balaban J connectivity index is 0.00000264. The highest BCUT2D eigenvalue weighted by Gasteiger charge is 2.27. The Morgan fingerprint density at radius 2 is 1.87 bits per heavy atom. The van der Waals surface area contributed by atoms with Crippen molar-refractivity contribution in [3.05, 3.63) is 0 Å². The smallest absolute Gasteiger partial charge is 0.191 e. The van der Waals surface area contributed by atoms with E-state index in [4.69, 9.17) is 0 Å². The number of likely N-dealkylation sites (N-methyl/N-ethyl adjacent to an activating group) is 1. The van der Waals surface area contributed by atoms with E-state index in [1.54, 1.807) is 0 Å². The molecular weight excluding hydrogens is 401 g/mol. The first-order valence-electron chi connectivity index (χ1n) is 9.09. The number of nitrogens with one attached hydrogen (secondary N) is 2. The van der Waals surface area contributed by atoms with Crippen LogP contribution in [-0.2, 0) is 0 Å². The van der Waals surface area contributed by atoms with Gasteiger partial charge in [-0.25, -0.2) is 0 Å². The lowest BCUT2D eigenvalue weighted by Gasteiger charge is -2.35. The molecule has 1 saturated heterocycles. The zero-order valence-corrected chi connectivity index (χ0v) is 17.7. The Kier molecular flexibility index (Phi) is 9.77. The molecule has 23 heavy (non-hydrogen) atoms. The van der Waals surface area contributed by atoms with Gasteiger partial charge in [-0.05, 0) is 46.1 Å². The van der Waals surface area contributed by atoms with Crippen molar-refractivity contribution in [2.75, 3.05) is 39.8 Å². The Bertz CT molecular complexity index is 349. The van der Waals surface area contributed by atoms with Gasteiger partial charge >= 0.3 is 0 Å². The summed E-state index contributed by atoms with van der Waals surface area (Å²) in [7, 11) is 1.87. The molecule has 0 aromatic rings. The Morgan fingerprint density at radius 3 is 2.35 bits per heavy atom. The summed E-state index contributed by atoms with van der Waals surface area (Å²) < 4.78 is 0. The first kappa shape index (κ1) is 21.0. The number of likely N-dealkylation sites (tertiary alicyclic amines) is 1. The normalized spacial score (nSPS) is 20.7. The molecule has 0 bridgehead atoms. The highest BCUT2D eigenvalue weighted by atomic mass is 127. The molecule has 1 aliphatic heterocycles. The summed E-state index contributed by atoms with van der Waals surface area (Å²) in [6.07, 6.45) is 5.19. The molecule has 1 aliphatic carbocycles. The molecule has 0 unspecified atom stereocenters. The minimum Gasteiger partial charge on any atom is -0.355 e. The van der Waals surface area contributed by atoms with E-state index in [-0.39, 0.29) is 24.0 Å². The summed E-state index contributed by atoms with van der Waals surface area (Å²) in [4.78, 5) is 9.51. The fraction of sp³-hybridized carbons (Fsp3) is 0.941. The summed E-state index contributed by atoms with van der Waals surface area (Å²) in [5.41, 5.74) is 0. The van der Waals surface area contributed by atoms with Gasteiger partial charge in [0.2, 0.25) is 0 Å². The van der Waals surface area contributed by atoms with E-state index in [9.17, 15) is 0 Å². The van der Waals surface area contributed by atoms with Gasteiger partial charge in [0, 0.05) is 51.4 Å². The molecule has 5 nitrogen and oxygen atoms in total. The maximum atomic E-state index is 4.38. The van der Waals surface area contributed by atoms with Crippen LogP contribution in [0.3, 0.4) is 0 Å². The Morgan fingerprint density at radius 1 is 1.22 bits per heavy atom. The number of aliphatic imine (C=N–C) groups is 1. The number of nitrogens with zero attached hydrogens (tertiary/aromatic N) is 3. The largest absolute Gasteiger partial charge is 0.355 e. The van der Waals surface area contributed by atoms with Crippen LogP contribution in [0.25, 0.3) is 0 Å². The third-order valence-electron chi connectivity index (χ3n) is 4.99. The van der Waals surface area contributed by atoms with Crippen molar-refractivity contribution in [1.29, 1.82) is 0 Å². The molecule has 2 aliphatic rings. The second-order valence-electron chi connectivity index (χ2n) is 6.91. The first-order valence-corrected chi connectivity index (χ1v) is 9.09. The number of piperidine rings is 1. The second kappa shape index (κ2) is 10.7. The van der Waals surface area contributed by atoms with Crippen molar-refractivity contribution in [2.24, 2.45) is 4.99 Å². The van der Waals surface area contributed by atoms with Crippen LogP contribution in [0.1, 0.15) is 46.5 Å². The summed E-state index contributed by atoms with van der Waals surface area (Å²) >= 11 is 0. The molecule has 0 radical (unpaired) electrons.